The lowest BCUT2D eigenvalue weighted by molar-refractivity contribution is 0.0940. The van der Waals surface area contributed by atoms with Gasteiger partial charge in [-0.05, 0) is 33.1 Å². The average Bonchev–Trinajstić information content (AvgIpc) is 2.96. The van der Waals surface area contributed by atoms with E-state index < -0.39 is 0 Å². The lowest BCUT2D eigenvalue weighted by atomic mass is 9.92. The Kier molecular flexibility index (Phi) is 7.59. The van der Waals surface area contributed by atoms with Crippen molar-refractivity contribution in [1.82, 2.24) is 15.8 Å². The number of hydrogen-bond acceptors (Lipinski definition) is 4. The zero-order chi connectivity index (χ0) is 16.6. The van der Waals surface area contributed by atoms with Gasteiger partial charge in [-0.2, -0.15) is 0 Å². The maximum Gasteiger partial charge on any atom is 0.273 e. The molecule has 0 aliphatic rings. The topological polar surface area (TPSA) is 67.2 Å². The molecule has 0 bridgehead atoms. The maximum atomic E-state index is 12.0. The van der Waals surface area contributed by atoms with Crippen LogP contribution < -0.4 is 10.6 Å². The molecule has 0 saturated heterocycles. The smallest absolute Gasteiger partial charge is 0.273 e. The summed E-state index contributed by atoms with van der Waals surface area (Å²) in [7, 11) is 0. The highest BCUT2D eigenvalue weighted by Gasteiger charge is 2.23. The van der Waals surface area contributed by atoms with Crippen molar-refractivity contribution < 1.29 is 9.32 Å². The van der Waals surface area contributed by atoms with Gasteiger partial charge in [0.25, 0.3) is 5.91 Å². The molecule has 126 valence electrons. The van der Waals surface area contributed by atoms with E-state index in [0.717, 1.165) is 25.0 Å². The monoisotopic (exact) mass is 309 g/mol. The van der Waals surface area contributed by atoms with Crippen LogP contribution in [0.25, 0.3) is 0 Å². The minimum absolute atomic E-state index is 0.0419. The molecule has 5 nitrogen and oxygen atoms in total. The maximum absolute atomic E-state index is 12.0. The minimum Gasteiger partial charge on any atom is -0.361 e. The number of aryl methyl sites for hydroxylation is 1. The van der Waals surface area contributed by atoms with E-state index in [1.807, 2.05) is 6.92 Å². The van der Waals surface area contributed by atoms with Crippen LogP contribution >= 0.6 is 0 Å². The Labute approximate surface area is 134 Å². The Morgan fingerprint density at radius 1 is 1.41 bits per heavy atom. The van der Waals surface area contributed by atoms with Crippen LogP contribution in [0.2, 0.25) is 0 Å². The summed E-state index contributed by atoms with van der Waals surface area (Å²) < 4.78 is 5.06. The highest BCUT2D eigenvalue weighted by molar-refractivity contribution is 5.92. The van der Waals surface area contributed by atoms with Crippen LogP contribution in [0.5, 0.6) is 0 Å². The summed E-state index contributed by atoms with van der Waals surface area (Å²) in [6.45, 7) is 11.4. The molecule has 0 radical (unpaired) electrons. The van der Waals surface area contributed by atoms with Crippen LogP contribution in [0.15, 0.2) is 10.6 Å². The lowest BCUT2D eigenvalue weighted by Gasteiger charge is -2.33. The van der Waals surface area contributed by atoms with Crippen molar-refractivity contribution in [3.63, 3.8) is 0 Å². The first-order valence-electron chi connectivity index (χ1n) is 8.45. The number of aromatic nitrogens is 1. The summed E-state index contributed by atoms with van der Waals surface area (Å²) in [4.78, 5) is 12.0. The van der Waals surface area contributed by atoms with Crippen LogP contribution in [0.1, 0.15) is 76.6 Å². The Balaban J connectivity index is 2.44. The quantitative estimate of drug-likeness (QED) is 0.696. The van der Waals surface area contributed by atoms with Gasteiger partial charge >= 0.3 is 0 Å². The van der Waals surface area contributed by atoms with Gasteiger partial charge in [-0.25, -0.2) is 0 Å². The summed E-state index contributed by atoms with van der Waals surface area (Å²) in [6.07, 6.45) is 5.01. The van der Waals surface area contributed by atoms with Gasteiger partial charge in [-0.15, -0.1) is 0 Å². The molecule has 0 aliphatic carbocycles. The number of nitrogens with one attached hydrogen (secondary N) is 2. The van der Waals surface area contributed by atoms with E-state index in [-0.39, 0.29) is 11.4 Å². The van der Waals surface area contributed by atoms with Crippen molar-refractivity contribution in [2.45, 2.75) is 78.3 Å². The molecule has 2 unspecified atom stereocenters. The largest absolute Gasteiger partial charge is 0.361 e. The van der Waals surface area contributed by atoms with Crippen molar-refractivity contribution in [3.8, 4) is 0 Å². The van der Waals surface area contributed by atoms with E-state index in [9.17, 15) is 4.79 Å². The van der Waals surface area contributed by atoms with Crippen LogP contribution in [-0.2, 0) is 6.42 Å². The average molecular weight is 309 g/mol. The van der Waals surface area contributed by atoms with Gasteiger partial charge in [0.05, 0.1) is 0 Å². The zero-order valence-electron chi connectivity index (χ0n) is 14.7. The fraction of sp³-hybridized carbons (Fsp3) is 0.765. The highest BCUT2D eigenvalue weighted by atomic mass is 16.5. The molecule has 0 aromatic carbocycles. The molecule has 1 heterocycles. The van der Waals surface area contributed by atoms with Crippen LogP contribution in [0, 0.1) is 0 Å². The van der Waals surface area contributed by atoms with Gasteiger partial charge in [-0.3, -0.25) is 4.79 Å². The summed E-state index contributed by atoms with van der Waals surface area (Å²) in [5.41, 5.74) is 0.405. The fourth-order valence-corrected chi connectivity index (χ4v) is 2.58. The molecule has 0 fully saturated rings. The highest BCUT2D eigenvalue weighted by Crippen LogP contribution is 2.16. The molecule has 2 atom stereocenters. The first-order valence-corrected chi connectivity index (χ1v) is 8.45. The molecule has 2 N–H and O–H groups in total. The molecular formula is C17H31N3O2. The summed E-state index contributed by atoms with van der Waals surface area (Å²) in [5.74, 6) is 0.571. The summed E-state index contributed by atoms with van der Waals surface area (Å²) >= 11 is 0. The second-order valence-corrected chi connectivity index (χ2v) is 6.29. The predicted molar refractivity (Wildman–Crippen MR) is 89.0 cm³/mol. The summed E-state index contributed by atoms with van der Waals surface area (Å²) in [6, 6.07) is 2.20. The van der Waals surface area contributed by atoms with Crippen molar-refractivity contribution >= 4 is 5.91 Å². The molecule has 0 spiro atoms. The SMILES string of the molecule is CCCC(C)NC(C)(CC)CCNC(=O)c1cc(CC)on1. The molecule has 0 aliphatic heterocycles. The van der Waals surface area contributed by atoms with Gasteiger partial charge in [0.1, 0.15) is 5.76 Å². The Bertz CT molecular complexity index is 459. The van der Waals surface area contributed by atoms with E-state index in [4.69, 9.17) is 4.52 Å². The van der Waals surface area contributed by atoms with Crippen molar-refractivity contribution in [3.05, 3.63) is 17.5 Å². The van der Waals surface area contributed by atoms with E-state index >= 15 is 0 Å². The number of hydrogen-bond donors (Lipinski definition) is 2. The Morgan fingerprint density at radius 3 is 2.68 bits per heavy atom. The Hall–Kier alpha value is -1.36. The third-order valence-electron chi connectivity index (χ3n) is 4.20. The number of carbonyl (C=O) groups is 1. The van der Waals surface area contributed by atoms with Gasteiger partial charge in [0.2, 0.25) is 0 Å². The summed E-state index contributed by atoms with van der Waals surface area (Å²) in [5, 5.41) is 10.4. The van der Waals surface area contributed by atoms with Crippen LogP contribution in [-0.4, -0.2) is 29.2 Å². The normalized spacial score (nSPS) is 15.3. The van der Waals surface area contributed by atoms with Crippen molar-refractivity contribution in [2.24, 2.45) is 0 Å². The van der Waals surface area contributed by atoms with Gasteiger partial charge < -0.3 is 15.2 Å². The van der Waals surface area contributed by atoms with Gasteiger partial charge in [0.15, 0.2) is 5.69 Å². The molecule has 5 heteroatoms. The second-order valence-electron chi connectivity index (χ2n) is 6.29. The number of rotatable bonds is 10. The standard InChI is InChI=1S/C17H31N3O2/c1-6-9-13(4)19-17(5,8-3)10-11-18-16(21)15-12-14(7-2)22-20-15/h12-13,19H,6-11H2,1-5H3,(H,18,21). The van der Waals surface area contributed by atoms with Crippen molar-refractivity contribution in [1.29, 1.82) is 0 Å². The van der Waals surface area contributed by atoms with E-state index in [1.54, 1.807) is 6.07 Å². The zero-order valence-corrected chi connectivity index (χ0v) is 14.7. The minimum atomic E-state index is -0.163. The van der Waals surface area contributed by atoms with Gasteiger partial charge in [0, 0.05) is 30.6 Å². The van der Waals surface area contributed by atoms with E-state index in [1.165, 1.54) is 12.8 Å². The molecule has 1 amide bonds. The number of nitrogens with zero attached hydrogens (tertiary/aromatic N) is 1. The van der Waals surface area contributed by atoms with Crippen LogP contribution in [0.3, 0.4) is 0 Å². The molecule has 1 aromatic rings. The number of carbonyl (C=O) groups excluding carboxylic acids is 1. The first-order chi connectivity index (χ1) is 10.4. The Morgan fingerprint density at radius 2 is 2.14 bits per heavy atom. The third kappa shape index (κ3) is 5.79. The van der Waals surface area contributed by atoms with E-state index in [2.05, 4.69) is 43.5 Å². The van der Waals surface area contributed by atoms with Gasteiger partial charge in [-0.1, -0.05) is 32.3 Å². The predicted octanol–water partition coefficient (Wildman–Crippen LogP) is 3.30. The molecular weight excluding hydrogens is 278 g/mol. The lowest BCUT2D eigenvalue weighted by Crippen LogP contribution is -2.48. The number of amides is 1. The molecule has 22 heavy (non-hydrogen) atoms. The third-order valence-corrected chi connectivity index (χ3v) is 4.20. The van der Waals surface area contributed by atoms with Crippen LogP contribution in [0.4, 0.5) is 0 Å². The first kappa shape index (κ1) is 18.7. The fourth-order valence-electron chi connectivity index (χ4n) is 2.58. The molecule has 1 rings (SSSR count). The van der Waals surface area contributed by atoms with E-state index in [0.29, 0.717) is 18.3 Å². The molecule has 1 aromatic heterocycles. The van der Waals surface area contributed by atoms with Crippen molar-refractivity contribution in [2.75, 3.05) is 6.54 Å². The molecule has 0 saturated carbocycles. The second kappa shape index (κ2) is 8.93.